The van der Waals surface area contributed by atoms with E-state index in [1.165, 1.54) is 0 Å². The molecule has 0 aliphatic heterocycles. The van der Waals surface area contributed by atoms with E-state index in [0.717, 1.165) is 16.7 Å². The second-order valence-corrected chi connectivity index (χ2v) is 7.77. The predicted molar refractivity (Wildman–Crippen MR) is 107 cm³/mol. The molecule has 0 saturated carbocycles. The molecule has 0 aliphatic rings. The monoisotopic (exact) mass is 383 g/mol. The van der Waals surface area contributed by atoms with Crippen LogP contribution in [0.3, 0.4) is 0 Å². The molecule has 0 fully saturated rings. The Bertz CT molecular complexity index is 897. The summed E-state index contributed by atoms with van der Waals surface area (Å²) < 4.78 is 30.7. The number of benzene rings is 3. The van der Waals surface area contributed by atoms with E-state index in [0.29, 0.717) is 22.9 Å². The molecule has 3 rings (SSSR count). The molecule has 1 unspecified atom stereocenters. The summed E-state index contributed by atoms with van der Waals surface area (Å²) in [6, 6.07) is 19.4. The SMILES string of the molecule is Cc1ccc(OP(=O)(Oc2ccc(N)cc2)Oc2c(C)cccc2C)cc1. The molecule has 0 saturated heterocycles. The Morgan fingerprint density at radius 3 is 1.70 bits per heavy atom. The van der Waals surface area contributed by atoms with Gasteiger partial charge in [-0.25, -0.2) is 0 Å². The molecule has 6 heteroatoms. The first-order valence-electron chi connectivity index (χ1n) is 8.52. The Morgan fingerprint density at radius 2 is 1.19 bits per heavy atom. The Morgan fingerprint density at radius 1 is 0.704 bits per heavy atom. The van der Waals surface area contributed by atoms with E-state index in [-0.39, 0.29) is 0 Å². The molecule has 0 radical (unpaired) electrons. The van der Waals surface area contributed by atoms with Gasteiger partial charge in [-0.1, -0.05) is 35.9 Å². The van der Waals surface area contributed by atoms with Gasteiger partial charge in [0.15, 0.2) is 0 Å². The van der Waals surface area contributed by atoms with Gasteiger partial charge >= 0.3 is 7.82 Å². The molecule has 5 nitrogen and oxygen atoms in total. The van der Waals surface area contributed by atoms with E-state index in [1.807, 2.05) is 51.1 Å². The summed E-state index contributed by atoms with van der Waals surface area (Å²) in [6.45, 7) is 5.71. The van der Waals surface area contributed by atoms with Gasteiger partial charge in [0.05, 0.1) is 0 Å². The number of nitrogen functional groups attached to an aromatic ring is 1. The molecule has 0 amide bonds. The molecule has 0 aromatic heterocycles. The normalized spacial score (nSPS) is 12.9. The highest BCUT2D eigenvalue weighted by Crippen LogP contribution is 2.51. The van der Waals surface area contributed by atoms with Crippen molar-refractivity contribution in [3.05, 3.63) is 83.4 Å². The molecule has 27 heavy (non-hydrogen) atoms. The van der Waals surface area contributed by atoms with Gasteiger partial charge < -0.3 is 19.3 Å². The number of phosphoric ester groups is 1. The fourth-order valence-corrected chi connectivity index (χ4v) is 3.88. The van der Waals surface area contributed by atoms with Crippen LogP contribution in [0, 0.1) is 20.8 Å². The van der Waals surface area contributed by atoms with E-state index in [4.69, 9.17) is 19.3 Å². The number of anilines is 1. The summed E-state index contributed by atoms with van der Waals surface area (Å²) in [5.74, 6) is 1.21. The van der Waals surface area contributed by atoms with Gasteiger partial charge in [-0.05, 0) is 68.3 Å². The zero-order chi connectivity index (χ0) is 19.4. The molecule has 3 aromatic rings. The second-order valence-electron chi connectivity index (χ2n) is 6.32. The number of phosphoric acid groups is 1. The summed E-state index contributed by atoms with van der Waals surface area (Å²) in [4.78, 5) is 0. The molecule has 0 bridgehead atoms. The van der Waals surface area contributed by atoms with Crippen LogP contribution in [0.4, 0.5) is 5.69 Å². The van der Waals surface area contributed by atoms with E-state index in [1.54, 1.807) is 36.4 Å². The van der Waals surface area contributed by atoms with Crippen LogP contribution in [0.15, 0.2) is 66.7 Å². The third-order valence-electron chi connectivity index (χ3n) is 3.95. The minimum Gasteiger partial charge on any atom is -0.399 e. The van der Waals surface area contributed by atoms with Crippen LogP contribution in [0.5, 0.6) is 17.2 Å². The van der Waals surface area contributed by atoms with Gasteiger partial charge in [0, 0.05) is 5.69 Å². The number of para-hydroxylation sites is 1. The van der Waals surface area contributed by atoms with Crippen molar-refractivity contribution in [3.8, 4) is 17.2 Å². The molecule has 3 aromatic carbocycles. The van der Waals surface area contributed by atoms with Gasteiger partial charge in [0.25, 0.3) is 0 Å². The van der Waals surface area contributed by atoms with E-state index in [9.17, 15) is 4.57 Å². The minimum absolute atomic E-state index is 0.339. The summed E-state index contributed by atoms with van der Waals surface area (Å²) in [5.41, 5.74) is 9.02. The van der Waals surface area contributed by atoms with Crippen molar-refractivity contribution < 1.29 is 18.1 Å². The molecular formula is C21H22NO4P. The molecule has 0 heterocycles. The van der Waals surface area contributed by atoms with Crippen molar-refractivity contribution in [1.29, 1.82) is 0 Å². The van der Waals surface area contributed by atoms with E-state index < -0.39 is 7.82 Å². The molecule has 0 spiro atoms. The zero-order valence-electron chi connectivity index (χ0n) is 15.5. The highest BCUT2D eigenvalue weighted by molar-refractivity contribution is 7.49. The fourth-order valence-electron chi connectivity index (χ4n) is 2.50. The number of aryl methyl sites for hydroxylation is 3. The van der Waals surface area contributed by atoms with E-state index >= 15 is 0 Å². The third-order valence-corrected chi connectivity index (χ3v) is 5.22. The molecule has 2 N–H and O–H groups in total. The average molecular weight is 383 g/mol. The first-order valence-corrected chi connectivity index (χ1v) is 9.98. The first-order chi connectivity index (χ1) is 12.8. The van der Waals surface area contributed by atoms with Crippen molar-refractivity contribution in [1.82, 2.24) is 0 Å². The smallest absolute Gasteiger partial charge is 0.399 e. The number of hydrogen-bond acceptors (Lipinski definition) is 5. The largest absolute Gasteiger partial charge is 0.647 e. The molecule has 140 valence electrons. The van der Waals surface area contributed by atoms with Crippen molar-refractivity contribution in [2.75, 3.05) is 5.73 Å². The van der Waals surface area contributed by atoms with Gasteiger partial charge in [-0.2, -0.15) is 4.57 Å². The van der Waals surface area contributed by atoms with Crippen molar-refractivity contribution >= 4 is 13.5 Å². The van der Waals surface area contributed by atoms with Crippen LogP contribution < -0.4 is 19.3 Å². The lowest BCUT2D eigenvalue weighted by atomic mass is 10.1. The van der Waals surface area contributed by atoms with Crippen molar-refractivity contribution in [2.45, 2.75) is 20.8 Å². The third kappa shape index (κ3) is 4.83. The zero-order valence-corrected chi connectivity index (χ0v) is 16.4. The van der Waals surface area contributed by atoms with Gasteiger partial charge in [0.2, 0.25) is 0 Å². The quantitative estimate of drug-likeness (QED) is 0.428. The van der Waals surface area contributed by atoms with Gasteiger partial charge in [0.1, 0.15) is 17.2 Å². The van der Waals surface area contributed by atoms with Crippen LogP contribution in [0.2, 0.25) is 0 Å². The maximum Gasteiger partial charge on any atom is 0.647 e. The number of nitrogens with two attached hydrogens (primary N) is 1. The summed E-state index contributed by atoms with van der Waals surface area (Å²) in [5, 5.41) is 0. The number of hydrogen-bond donors (Lipinski definition) is 1. The van der Waals surface area contributed by atoms with Crippen LogP contribution in [0.25, 0.3) is 0 Å². The first kappa shape index (κ1) is 18.9. The van der Waals surface area contributed by atoms with Gasteiger partial charge in [-0.3, -0.25) is 0 Å². The van der Waals surface area contributed by atoms with Crippen LogP contribution in [-0.4, -0.2) is 0 Å². The predicted octanol–water partition coefficient (Wildman–Crippen LogP) is 5.84. The lowest BCUT2D eigenvalue weighted by molar-refractivity contribution is 0.297. The van der Waals surface area contributed by atoms with E-state index in [2.05, 4.69) is 0 Å². The Labute approximate surface area is 159 Å². The summed E-state index contributed by atoms with van der Waals surface area (Å²) in [7, 11) is -4.01. The Kier molecular flexibility index (Phi) is 5.43. The van der Waals surface area contributed by atoms with Crippen molar-refractivity contribution in [2.24, 2.45) is 0 Å². The topological polar surface area (TPSA) is 70.8 Å². The summed E-state index contributed by atoms with van der Waals surface area (Å²) >= 11 is 0. The fraction of sp³-hybridized carbons (Fsp3) is 0.143. The Hall–Kier alpha value is -2.91. The lowest BCUT2D eigenvalue weighted by Gasteiger charge is -2.21. The van der Waals surface area contributed by atoms with Crippen LogP contribution >= 0.6 is 7.82 Å². The van der Waals surface area contributed by atoms with Crippen LogP contribution in [0.1, 0.15) is 16.7 Å². The maximum absolute atomic E-state index is 13.5. The van der Waals surface area contributed by atoms with Crippen molar-refractivity contribution in [3.63, 3.8) is 0 Å². The highest BCUT2D eigenvalue weighted by Gasteiger charge is 2.34. The second kappa shape index (κ2) is 7.77. The standard InChI is InChI=1S/C21H22NO4P/c1-15-7-11-19(12-8-15)24-27(23,25-20-13-9-18(22)10-14-20)26-21-16(2)5-4-6-17(21)3/h4-14H,22H2,1-3H3. The molecule has 0 aliphatic carbocycles. The minimum atomic E-state index is -4.01. The summed E-state index contributed by atoms with van der Waals surface area (Å²) in [6.07, 6.45) is 0. The maximum atomic E-state index is 13.5. The highest BCUT2D eigenvalue weighted by atomic mass is 31.2. The van der Waals surface area contributed by atoms with Gasteiger partial charge in [-0.15, -0.1) is 0 Å². The van der Waals surface area contributed by atoms with Crippen LogP contribution in [-0.2, 0) is 4.57 Å². The lowest BCUT2D eigenvalue weighted by Crippen LogP contribution is -2.09. The Balaban J connectivity index is 1.95. The molecular weight excluding hydrogens is 361 g/mol. The molecule has 1 atom stereocenters. The number of rotatable bonds is 6. The average Bonchev–Trinajstić information content (AvgIpc) is 2.63.